The summed E-state index contributed by atoms with van der Waals surface area (Å²) in [5, 5.41) is 22.7. The van der Waals surface area contributed by atoms with Crippen LogP contribution in [0.3, 0.4) is 0 Å². The third-order valence-corrected chi connectivity index (χ3v) is 3.67. The summed E-state index contributed by atoms with van der Waals surface area (Å²) in [5.74, 6) is -2.68. The minimum atomic E-state index is -1.54. The average molecular weight is 384 g/mol. The van der Waals surface area contributed by atoms with Crippen LogP contribution in [0, 0.1) is 0 Å². The Morgan fingerprint density at radius 1 is 1.26 bits per heavy atom. The number of aromatic hydroxyl groups is 1. The highest BCUT2D eigenvalue weighted by Gasteiger charge is 2.44. The van der Waals surface area contributed by atoms with Crippen LogP contribution >= 0.6 is 0 Å². The van der Waals surface area contributed by atoms with Crippen LogP contribution in [0.1, 0.15) is 24.3 Å². The molecule has 1 aliphatic heterocycles. The molecule has 1 fully saturated rings. The van der Waals surface area contributed by atoms with E-state index in [1.165, 1.54) is 19.4 Å². The Labute approximate surface area is 154 Å². The lowest BCUT2D eigenvalue weighted by molar-refractivity contribution is -0.219. The molecule has 4 atom stereocenters. The topological polar surface area (TPSA) is 154 Å². The predicted octanol–water partition coefficient (Wildman–Crippen LogP) is -0.894. The van der Waals surface area contributed by atoms with Gasteiger partial charge >= 0.3 is 11.9 Å². The number of aromatic nitrogens is 1. The maximum Gasteiger partial charge on any atom is 0.303 e. The van der Waals surface area contributed by atoms with Gasteiger partial charge in [-0.25, -0.2) is 4.98 Å². The van der Waals surface area contributed by atoms with Crippen LogP contribution in [0.2, 0.25) is 0 Å². The van der Waals surface area contributed by atoms with Crippen LogP contribution in [0.15, 0.2) is 12.3 Å². The number of aliphatic hydroxyl groups excluding tert-OH is 1. The molecule has 1 aromatic heterocycles. The molecule has 27 heavy (non-hydrogen) atoms. The van der Waals surface area contributed by atoms with E-state index in [1.54, 1.807) is 0 Å². The molecule has 0 unspecified atom stereocenters. The maximum absolute atomic E-state index is 12.4. The van der Waals surface area contributed by atoms with Gasteiger partial charge in [-0.1, -0.05) is 0 Å². The van der Waals surface area contributed by atoms with E-state index in [1.807, 2.05) is 0 Å². The molecule has 3 N–H and O–H groups in total. The van der Waals surface area contributed by atoms with Crippen LogP contribution in [0.5, 0.6) is 11.5 Å². The molecule has 148 valence electrons. The molecule has 1 amide bonds. The van der Waals surface area contributed by atoms with Gasteiger partial charge in [0.05, 0.1) is 13.7 Å². The lowest BCUT2D eigenvalue weighted by atomic mass is 10.0. The zero-order chi connectivity index (χ0) is 20.1. The van der Waals surface area contributed by atoms with Crippen molar-refractivity contribution in [2.45, 2.75) is 38.4 Å². The fourth-order valence-corrected chi connectivity index (χ4v) is 2.53. The number of hydrogen-bond donors (Lipinski definition) is 3. The fourth-order valence-electron chi connectivity index (χ4n) is 2.53. The van der Waals surface area contributed by atoms with Crippen LogP contribution in [-0.4, -0.2) is 71.3 Å². The van der Waals surface area contributed by atoms with Crippen molar-refractivity contribution < 1.29 is 43.5 Å². The molecular formula is C16H20N2O9. The van der Waals surface area contributed by atoms with Crippen molar-refractivity contribution in [1.29, 1.82) is 0 Å². The van der Waals surface area contributed by atoms with Crippen LogP contribution < -0.4 is 10.1 Å². The molecule has 0 aromatic carbocycles. The van der Waals surface area contributed by atoms with E-state index >= 15 is 0 Å². The van der Waals surface area contributed by atoms with Gasteiger partial charge in [-0.15, -0.1) is 0 Å². The standard InChI is InChI=1S/C16H20N2O9/c1-7(19)26-10-6-25-16(13(22)14(10)27-8(2)20)18-15(23)11-12(21)9(24-3)4-5-17-11/h4-5,10,13-14,16,21-22H,6H2,1-3H3,(H,18,23)/t10-,13+,14-,16+/m0/s1. The quantitative estimate of drug-likeness (QED) is 0.545. The first-order valence-corrected chi connectivity index (χ1v) is 7.91. The zero-order valence-corrected chi connectivity index (χ0v) is 14.9. The monoisotopic (exact) mass is 384 g/mol. The first kappa shape index (κ1) is 20.4. The Morgan fingerprint density at radius 2 is 1.93 bits per heavy atom. The van der Waals surface area contributed by atoms with Gasteiger partial charge in [0.1, 0.15) is 6.10 Å². The highest BCUT2D eigenvalue weighted by atomic mass is 16.6. The number of rotatable bonds is 5. The van der Waals surface area contributed by atoms with E-state index in [-0.39, 0.29) is 18.1 Å². The van der Waals surface area contributed by atoms with E-state index in [9.17, 15) is 24.6 Å². The SMILES string of the molecule is COc1ccnc(C(=O)N[C@@H]2OC[C@H](OC(C)=O)[C@H](OC(C)=O)[C@H]2O)c1O. The van der Waals surface area contributed by atoms with E-state index in [4.69, 9.17) is 18.9 Å². The van der Waals surface area contributed by atoms with Gasteiger partial charge in [0.15, 0.2) is 35.6 Å². The van der Waals surface area contributed by atoms with E-state index in [2.05, 4.69) is 10.3 Å². The first-order valence-electron chi connectivity index (χ1n) is 7.91. The number of esters is 2. The third kappa shape index (κ3) is 4.83. The molecule has 0 radical (unpaired) electrons. The zero-order valence-electron chi connectivity index (χ0n) is 14.9. The van der Waals surface area contributed by atoms with E-state index in [0.717, 1.165) is 13.8 Å². The van der Waals surface area contributed by atoms with Crippen LogP contribution in [0.25, 0.3) is 0 Å². The maximum atomic E-state index is 12.4. The molecule has 2 rings (SSSR count). The van der Waals surface area contributed by atoms with Crippen molar-refractivity contribution in [3.05, 3.63) is 18.0 Å². The Hall–Kier alpha value is -2.92. The van der Waals surface area contributed by atoms with Crippen molar-refractivity contribution in [2.24, 2.45) is 0 Å². The number of carbonyl (C=O) groups excluding carboxylic acids is 3. The molecule has 11 heteroatoms. The number of pyridine rings is 1. The second kappa shape index (κ2) is 8.64. The van der Waals surface area contributed by atoms with Crippen molar-refractivity contribution in [2.75, 3.05) is 13.7 Å². The average Bonchev–Trinajstić information content (AvgIpc) is 2.60. The van der Waals surface area contributed by atoms with E-state index < -0.39 is 48.1 Å². The Balaban J connectivity index is 2.15. The van der Waals surface area contributed by atoms with Gasteiger partial charge < -0.3 is 34.5 Å². The summed E-state index contributed by atoms with van der Waals surface area (Å²) in [5.41, 5.74) is -0.351. The minimum Gasteiger partial charge on any atom is -0.503 e. The van der Waals surface area contributed by atoms with Crippen molar-refractivity contribution in [3.8, 4) is 11.5 Å². The van der Waals surface area contributed by atoms with Gasteiger partial charge in [-0.05, 0) is 0 Å². The van der Waals surface area contributed by atoms with Gasteiger partial charge in [0.25, 0.3) is 5.91 Å². The second-order valence-electron chi connectivity index (χ2n) is 5.65. The molecular weight excluding hydrogens is 364 g/mol. The number of hydrogen-bond acceptors (Lipinski definition) is 10. The number of amides is 1. The molecule has 11 nitrogen and oxygen atoms in total. The summed E-state index contributed by atoms with van der Waals surface area (Å²) < 4.78 is 20.2. The first-order chi connectivity index (χ1) is 12.7. The highest BCUT2D eigenvalue weighted by Crippen LogP contribution is 2.28. The highest BCUT2D eigenvalue weighted by molar-refractivity contribution is 5.95. The van der Waals surface area contributed by atoms with E-state index in [0.29, 0.717) is 0 Å². The summed E-state index contributed by atoms with van der Waals surface area (Å²) in [6.45, 7) is 2.04. The molecule has 0 aliphatic carbocycles. The summed E-state index contributed by atoms with van der Waals surface area (Å²) in [6, 6.07) is 1.36. The summed E-state index contributed by atoms with van der Waals surface area (Å²) in [4.78, 5) is 38.6. The van der Waals surface area contributed by atoms with Crippen molar-refractivity contribution in [3.63, 3.8) is 0 Å². The second-order valence-corrected chi connectivity index (χ2v) is 5.65. The number of ether oxygens (including phenoxy) is 4. The van der Waals surface area contributed by atoms with Gasteiger partial charge in [-0.2, -0.15) is 0 Å². The van der Waals surface area contributed by atoms with Crippen molar-refractivity contribution >= 4 is 17.8 Å². The van der Waals surface area contributed by atoms with Gasteiger partial charge in [-0.3, -0.25) is 14.4 Å². The predicted molar refractivity (Wildman–Crippen MR) is 86.8 cm³/mol. The molecule has 1 saturated heterocycles. The summed E-state index contributed by atoms with van der Waals surface area (Å²) in [6.07, 6.45) is -3.88. The number of methoxy groups -OCH3 is 1. The largest absolute Gasteiger partial charge is 0.503 e. The Kier molecular flexibility index (Phi) is 6.53. The fraction of sp³-hybridized carbons (Fsp3) is 0.500. The normalized spacial score (nSPS) is 24.6. The molecule has 1 aromatic rings. The number of nitrogens with zero attached hydrogens (tertiary/aromatic N) is 1. The van der Waals surface area contributed by atoms with Crippen molar-refractivity contribution in [1.82, 2.24) is 10.3 Å². The Bertz CT molecular complexity index is 724. The van der Waals surface area contributed by atoms with Crippen LogP contribution in [-0.2, 0) is 23.8 Å². The molecule has 0 spiro atoms. The van der Waals surface area contributed by atoms with Crippen LogP contribution in [0.4, 0.5) is 0 Å². The number of aliphatic hydroxyl groups is 1. The lowest BCUT2D eigenvalue weighted by Crippen LogP contribution is -2.61. The third-order valence-electron chi connectivity index (χ3n) is 3.67. The molecule has 0 bridgehead atoms. The van der Waals surface area contributed by atoms with Gasteiger partial charge in [0, 0.05) is 26.1 Å². The number of nitrogens with one attached hydrogen (secondary N) is 1. The molecule has 2 heterocycles. The summed E-state index contributed by atoms with van der Waals surface area (Å²) >= 11 is 0. The Morgan fingerprint density at radius 3 is 2.52 bits per heavy atom. The lowest BCUT2D eigenvalue weighted by Gasteiger charge is -2.38. The number of carbonyl (C=O) groups is 3. The molecule has 0 saturated carbocycles. The minimum absolute atomic E-state index is 0.0352. The molecule has 1 aliphatic rings. The summed E-state index contributed by atoms with van der Waals surface area (Å²) in [7, 11) is 1.31. The van der Waals surface area contributed by atoms with Gasteiger partial charge in [0.2, 0.25) is 0 Å². The smallest absolute Gasteiger partial charge is 0.303 e.